The molecule has 1 aromatic rings. The topological polar surface area (TPSA) is 24.9 Å². The van der Waals surface area contributed by atoms with Gasteiger partial charge in [-0.1, -0.05) is 25.7 Å². The minimum atomic E-state index is 0.950. The molecule has 1 saturated carbocycles. The van der Waals surface area contributed by atoms with Gasteiger partial charge in [0.05, 0.1) is 5.69 Å². The largest absolute Gasteiger partial charge is 0.310 e. The van der Waals surface area contributed by atoms with Crippen LogP contribution >= 0.6 is 11.3 Å². The molecule has 0 saturated heterocycles. The van der Waals surface area contributed by atoms with Gasteiger partial charge in [0.25, 0.3) is 0 Å². The molecule has 1 fully saturated rings. The lowest BCUT2D eigenvalue weighted by atomic mass is 10.0. The first-order valence-corrected chi connectivity index (χ1v) is 7.21. The Balaban J connectivity index is 1.64. The number of nitrogens with zero attached hydrogens (tertiary/aromatic N) is 1. The number of aryl methyl sites for hydroxylation is 2. The summed E-state index contributed by atoms with van der Waals surface area (Å²) in [6.45, 7) is 6.34. The zero-order chi connectivity index (χ0) is 11.4. The zero-order valence-electron chi connectivity index (χ0n) is 10.4. The lowest BCUT2D eigenvalue weighted by Gasteiger charge is -2.08. The normalized spacial score (nSPS) is 17.1. The predicted octanol–water partition coefficient (Wildman–Crippen LogP) is 3.43. The van der Waals surface area contributed by atoms with E-state index in [0.29, 0.717) is 0 Å². The van der Waals surface area contributed by atoms with E-state index in [0.717, 1.165) is 19.0 Å². The number of thiazole rings is 1. The van der Waals surface area contributed by atoms with Crippen LogP contribution in [0.2, 0.25) is 0 Å². The van der Waals surface area contributed by atoms with Gasteiger partial charge in [-0.05, 0) is 32.7 Å². The SMILES string of the molecule is Cc1nc(CNCCC2CCCC2)sc1C. The van der Waals surface area contributed by atoms with Crippen LogP contribution < -0.4 is 5.32 Å². The third-order valence-corrected chi connectivity index (χ3v) is 4.63. The van der Waals surface area contributed by atoms with Gasteiger partial charge < -0.3 is 5.32 Å². The molecule has 0 spiro atoms. The number of aromatic nitrogens is 1. The third-order valence-electron chi connectivity index (χ3n) is 3.55. The summed E-state index contributed by atoms with van der Waals surface area (Å²) in [7, 11) is 0. The molecule has 16 heavy (non-hydrogen) atoms. The van der Waals surface area contributed by atoms with Crippen molar-refractivity contribution in [3.8, 4) is 0 Å². The molecule has 1 N–H and O–H groups in total. The number of hydrogen-bond acceptors (Lipinski definition) is 3. The van der Waals surface area contributed by atoms with Crippen LogP contribution in [0.5, 0.6) is 0 Å². The number of nitrogens with one attached hydrogen (secondary N) is 1. The van der Waals surface area contributed by atoms with Gasteiger partial charge in [0.15, 0.2) is 0 Å². The molecule has 0 amide bonds. The van der Waals surface area contributed by atoms with Crippen LogP contribution in [-0.2, 0) is 6.54 Å². The lowest BCUT2D eigenvalue weighted by molar-refractivity contribution is 0.477. The average molecular weight is 238 g/mol. The first-order chi connectivity index (χ1) is 7.75. The second kappa shape index (κ2) is 5.78. The Morgan fingerprint density at radius 1 is 1.31 bits per heavy atom. The van der Waals surface area contributed by atoms with Crippen molar-refractivity contribution in [2.45, 2.75) is 52.5 Å². The maximum absolute atomic E-state index is 4.54. The van der Waals surface area contributed by atoms with E-state index < -0.39 is 0 Å². The van der Waals surface area contributed by atoms with Crippen LogP contribution in [0.4, 0.5) is 0 Å². The fraction of sp³-hybridized carbons (Fsp3) is 0.769. The van der Waals surface area contributed by atoms with E-state index in [2.05, 4.69) is 24.1 Å². The summed E-state index contributed by atoms with van der Waals surface area (Å²) in [5.74, 6) is 0.993. The summed E-state index contributed by atoms with van der Waals surface area (Å²) in [6, 6.07) is 0. The van der Waals surface area contributed by atoms with Crippen molar-refractivity contribution in [1.82, 2.24) is 10.3 Å². The van der Waals surface area contributed by atoms with E-state index >= 15 is 0 Å². The van der Waals surface area contributed by atoms with E-state index in [1.807, 2.05) is 11.3 Å². The minimum Gasteiger partial charge on any atom is -0.310 e. The molecule has 1 aliphatic carbocycles. The van der Waals surface area contributed by atoms with Crippen molar-refractivity contribution in [2.24, 2.45) is 5.92 Å². The van der Waals surface area contributed by atoms with Crippen molar-refractivity contribution in [3.63, 3.8) is 0 Å². The first-order valence-electron chi connectivity index (χ1n) is 6.39. The summed E-state index contributed by atoms with van der Waals surface area (Å²) in [5, 5.41) is 4.75. The Morgan fingerprint density at radius 3 is 2.69 bits per heavy atom. The smallest absolute Gasteiger partial charge is 0.107 e. The highest BCUT2D eigenvalue weighted by Gasteiger charge is 2.13. The molecule has 2 nitrogen and oxygen atoms in total. The van der Waals surface area contributed by atoms with Crippen molar-refractivity contribution >= 4 is 11.3 Å². The molecular weight excluding hydrogens is 216 g/mol. The van der Waals surface area contributed by atoms with Gasteiger partial charge >= 0.3 is 0 Å². The molecule has 3 heteroatoms. The van der Waals surface area contributed by atoms with Gasteiger partial charge in [-0.25, -0.2) is 4.98 Å². The van der Waals surface area contributed by atoms with E-state index in [4.69, 9.17) is 0 Å². The monoisotopic (exact) mass is 238 g/mol. The highest BCUT2D eigenvalue weighted by atomic mass is 32.1. The Bertz CT molecular complexity index is 307. The molecule has 0 aromatic carbocycles. The van der Waals surface area contributed by atoms with Crippen molar-refractivity contribution < 1.29 is 0 Å². The maximum atomic E-state index is 4.54. The maximum Gasteiger partial charge on any atom is 0.107 e. The molecule has 1 aliphatic rings. The Hall–Kier alpha value is -0.410. The summed E-state index contributed by atoms with van der Waals surface area (Å²) in [5.41, 5.74) is 1.19. The van der Waals surface area contributed by atoms with Crippen molar-refractivity contribution in [1.29, 1.82) is 0 Å². The Kier molecular flexibility index (Phi) is 4.36. The van der Waals surface area contributed by atoms with E-state index in [-0.39, 0.29) is 0 Å². The van der Waals surface area contributed by atoms with Gasteiger partial charge in [0.1, 0.15) is 5.01 Å². The summed E-state index contributed by atoms with van der Waals surface area (Å²) < 4.78 is 0. The second-order valence-corrected chi connectivity index (χ2v) is 6.15. The van der Waals surface area contributed by atoms with Gasteiger partial charge in [0.2, 0.25) is 0 Å². The van der Waals surface area contributed by atoms with E-state index in [1.54, 1.807) is 0 Å². The van der Waals surface area contributed by atoms with Crippen LogP contribution in [-0.4, -0.2) is 11.5 Å². The van der Waals surface area contributed by atoms with E-state index in [9.17, 15) is 0 Å². The first kappa shape index (κ1) is 12.1. The van der Waals surface area contributed by atoms with Gasteiger partial charge in [-0.2, -0.15) is 0 Å². The average Bonchev–Trinajstić information content (AvgIpc) is 2.85. The molecule has 0 aliphatic heterocycles. The van der Waals surface area contributed by atoms with Crippen molar-refractivity contribution in [3.05, 3.63) is 15.6 Å². The summed E-state index contributed by atoms with van der Waals surface area (Å²) in [6.07, 6.45) is 7.17. The molecular formula is C13H22N2S. The summed E-state index contributed by atoms with van der Waals surface area (Å²) >= 11 is 1.82. The van der Waals surface area contributed by atoms with Crippen molar-refractivity contribution in [2.75, 3.05) is 6.54 Å². The highest BCUT2D eigenvalue weighted by molar-refractivity contribution is 7.11. The lowest BCUT2D eigenvalue weighted by Crippen LogP contribution is -2.16. The molecule has 1 aromatic heterocycles. The summed E-state index contributed by atoms with van der Waals surface area (Å²) in [4.78, 5) is 5.89. The molecule has 0 radical (unpaired) electrons. The van der Waals surface area contributed by atoms with E-state index in [1.165, 1.54) is 47.7 Å². The molecule has 2 rings (SSSR count). The second-order valence-electron chi connectivity index (χ2n) is 4.87. The quantitative estimate of drug-likeness (QED) is 0.795. The molecule has 0 atom stereocenters. The highest BCUT2D eigenvalue weighted by Crippen LogP contribution is 2.26. The van der Waals surface area contributed by atoms with Crippen LogP contribution in [0, 0.1) is 19.8 Å². The Morgan fingerprint density at radius 2 is 2.06 bits per heavy atom. The van der Waals surface area contributed by atoms with Crippen LogP contribution in [0.25, 0.3) is 0 Å². The van der Waals surface area contributed by atoms with Gasteiger partial charge in [0, 0.05) is 11.4 Å². The predicted molar refractivity (Wildman–Crippen MR) is 69.9 cm³/mol. The van der Waals surface area contributed by atoms with Crippen LogP contribution in [0.3, 0.4) is 0 Å². The standard InChI is InChI=1S/C13H22N2S/c1-10-11(2)16-13(15-10)9-14-8-7-12-5-3-4-6-12/h12,14H,3-9H2,1-2H3. The molecule has 0 unspecified atom stereocenters. The minimum absolute atomic E-state index is 0.950. The molecule has 1 heterocycles. The number of hydrogen-bond donors (Lipinski definition) is 1. The van der Waals surface area contributed by atoms with Gasteiger partial charge in [-0.15, -0.1) is 11.3 Å². The molecule has 0 bridgehead atoms. The van der Waals surface area contributed by atoms with Gasteiger partial charge in [-0.3, -0.25) is 0 Å². The van der Waals surface area contributed by atoms with Crippen LogP contribution in [0.1, 0.15) is 47.7 Å². The fourth-order valence-electron chi connectivity index (χ4n) is 2.42. The molecule has 90 valence electrons. The third kappa shape index (κ3) is 3.29. The van der Waals surface area contributed by atoms with Crippen LogP contribution in [0.15, 0.2) is 0 Å². The Labute approximate surface area is 102 Å². The fourth-order valence-corrected chi connectivity index (χ4v) is 3.32. The zero-order valence-corrected chi connectivity index (χ0v) is 11.2. The number of rotatable bonds is 5.